The van der Waals surface area contributed by atoms with Gasteiger partial charge in [-0.2, -0.15) is 0 Å². The summed E-state index contributed by atoms with van der Waals surface area (Å²) in [7, 11) is 0. The molecule has 0 amide bonds. The van der Waals surface area contributed by atoms with Crippen molar-refractivity contribution in [1.29, 1.82) is 0 Å². The van der Waals surface area contributed by atoms with Gasteiger partial charge in [0.05, 0.1) is 6.04 Å². The van der Waals surface area contributed by atoms with Gasteiger partial charge in [-0.05, 0) is 38.3 Å². The Bertz CT molecular complexity index is 445. The summed E-state index contributed by atoms with van der Waals surface area (Å²) in [6.45, 7) is 0.972. The first-order chi connectivity index (χ1) is 8.66. The summed E-state index contributed by atoms with van der Waals surface area (Å²) in [5, 5.41) is 0. The molecule has 2 atom stereocenters. The highest BCUT2D eigenvalue weighted by Gasteiger charge is 2.40. The first-order valence-electron chi connectivity index (χ1n) is 6.63. The van der Waals surface area contributed by atoms with Crippen molar-refractivity contribution in [3.63, 3.8) is 0 Å². The van der Waals surface area contributed by atoms with E-state index in [4.69, 9.17) is 5.73 Å². The molecular weight excluding hydrogens is 234 g/mol. The Balaban J connectivity index is 1.94. The first-order valence-corrected chi connectivity index (χ1v) is 6.63. The van der Waals surface area contributed by atoms with Gasteiger partial charge < -0.3 is 5.73 Å². The molecule has 2 unspecified atom stereocenters. The van der Waals surface area contributed by atoms with Crippen LogP contribution >= 0.6 is 0 Å². The van der Waals surface area contributed by atoms with Crippen molar-refractivity contribution in [1.82, 2.24) is 4.90 Å². The minimum atomic E-state index is -0.529. The zero-order chi connectivity index (χ0) is 12.7. The molecular formula is C14H18F2N2. The topological polar surface area (TPSA) is 29.3 Å². The summed E-state index contributed by atoms with van der Waals surface area (Å²) in [5.41, 5.74) is 6.72. The summed E-state index contributed by atoms with van der Waals surface area (Å²) in [4.78, 5) is 2.31. The van der Waals surface area contributed by atoms with Crippen molar-refractivity contribution < 1.29 is 8.78 Å². The van der Waals surface area contributed by atoms with Gasteiger partial charge in [-0.1, -0.05) is 6.07 Å². The molecule has 1 aromatic carbocycles. The fourth-order valence-electron chi connectivity index (χ4n) is 3.02. The second-order valence-electron chi connectivity index (χ2n) is 5.39. The van der Waals surface area contributed by atoms with Crippen LogP contribution in [0.25, 0.3) is 0 Å². The number of piperidine rings is 1. The number of benzene rings is 1. The van der Waals surface area contributed by atoms with Crippen LogP contribution in [0, 0.1) is 11.6 Å². The van der Waals surface area contributed by atoms with E-state index in [-0.39, 0.29) is 12.1 Å². The Kier molecular flexibility index (Phi) is 3.08. The number of rotatable bonds is 2. The average molecular weight is 252 g/mol. The van der Waals surface area contributed by atoms with E-state index in [9.17, 15) is 8.78 Å². The number of nitrogens with two attached hydrogens (primary N) is 1. The van der Waals surface area contributed by atoms with E-state index in [1.54, 1.807) is 6.07 Å². The molecule has 0 radical (unpaired) electrons. The maximum absolute atomic E-state index is 13.9. The summed E-state index contributed by atoms with van der Waals surface area (Å²) in [6, 6.07) is 4.24. The summed E-state index contributed by atoms with van der Waals surface area (Å²) < 4.78 is 26.9. The fourth-order valence-corrected chi connectivity index (χ4v) is 3.02. The predicted molar refractivity (Wildman–Crippen MR) is 66.0 cm³/mol. The van der Waals surface area contributed by atoms with E-state index in [0.717, 1.165) is 25.5 Å². The predicted octanol–water partition coefficient (Wildman–Crippen LogP) is 2.59. The second-order valence-corrected chi connectivity index (χ2v) is 5.39. The van der Waals surface area contributed by atoms with Gasteiger partial charge in [0.1, 0.15) is 11.6 Å². The molecule has 1 saturated heterocycles. The molecule has 1 saturated carbocycles. The van der Waals surface area contributed by atoms with E-state index < -0.39 is 11.6 Å². The maximum atomic E-state index is 13.9. The molecule has 2 nitrogen and oxygen atoms in total. The van der Waals surface area contributed by atoms with Crippen LogP contribution in [0.4, 0.5) is 8.78 Å². The minimum Gasteiger partial charge on any atom is -0.326 e. The zero-order valence-electron chi connectivity index (χ0n) is 10.3. The third-order valence-electron chi connectivity index (χ3n) is 4.01. The maximum Gasteiger partial charge on any atom is 0.130 e. The van der Waals surface area contributed by atoms with Crippen molar-refractivity contribution in [3.05, 3.63) is 35.4 Å². The fraction of sp³-hybridized carbons (Fsp3) is 0.571. The third kappa shape index (κ3) is 2.15. The normalized spacial score (nSPS) is 29.5. The van der Waals surface area contributed by atoms with Crippen LogP contribution in [0.1, 0.15) is 37.3 Å². The average Bonchev–Trinajstić information content (AvgIpc) is 3.14. The summed E-state index contributed by atoms with van der Waals surface area (Å²) >= 11 is 0. The highest BCUT2D eigenvalue weighted by Crippen LogP contribution is 2.40. The molecule has 18 heavy (non-hydrogen) atoms. The van der Waals surface area contributed by atoms with Crippen molar-refractivity contribution >= 4 is 0 Å². The number of nitrogens with zero attached hydrogens (tertiary/aromatic N) is 1. The highest BCUT2D eigenvalue weighted by atomic mass is 19.1. The van der Waals surface area contributed by atoms with Gasteiger partial charge in [-0.25, -0.2) is 8.78 Å². The van der Waals surface area contributed by atoms with E-state index in [0.29, 0.717) is 11.6 Å². The lowest BCUT2D eigenvalue weighted by molar-refractivity contribution is 0.117. The van der Waals surface area contributed by atoms with E-state index in [2.05, 4.69) is 4.90 Å². The minimum absolute atomic E-state index is 0.0562. The van der Waals surface area contributed by atoms with Crippen LogP contribution in [0.5, 0.6) is 0 Å². The quantitative estimate of drug-likeness (QED) is 0.876. The molecule has 1 aliphatic carbocycles. The number of hydrogen-bond donors (Lipinski definition) is 1. The van der Waals surface area contributed by atoms with Crippen molar-refractivity contribution in [3.8, 4) is 0 Å². The van der Waals surface area contributed by atoms with Crippen LogP contribution in [0.15, 0.2) is 18.2 Å². The Labute approximate surface area is 106 Å². The largest absolute Gasteiger partial charge is 0.326 e. The van der Waals surface area contributed by atoms with E-state index in [1.807, 2.05) is 0 Å². The number of halogens is 2. The lowest BCUT2D eigenvalue weighted by atomic mass is 9.90. The van der Waals surface area contributed by atoms with Crippen molar-refractivity contribution in [2.24, 2.45) is 5.73 Å². The van der Waals surface area contributed by atoms with Crippen LogP contribution < -0.4 is 5.73 Å². The molecule has 2 fully saturated rings. The SMILES string of the molecule is NC1CCCN(C2CC2)C1c1ccc(F)cc1F. The lowest BCUT2D eigenvalue weighted by Crippen LogP contribution is -2.47. The standard InChI is InChI=1S/C14H18F2N2/c15-9-3-6-11(12(16)8-9)14-13(17)2-1-7-18(14)10-4-5-10/h3,6,8,10,13-14H,1-2,4-5,7,17H2. The van der Waals surface area contributed by atoms with Crippen molar-refractivity contribution in [2.45, 2.75) is 43.8 Å². The molecule has 2 aliphatic rings. The van der Waals surface area contributed by atoms with Gasteiger partial charge in [0, 0.05) is 23.7 Å². The van der Waals surface area contributed by atoms with Crippen LogP contribution in [0.2, 0.25) is 0 Å². The van der Waals surface area contributed by atoms with E-state index in [1.165, 1.54) is 18.9 Å². The second kappa shape index (κ2) is 4.59. The van der Waals surface area contributed by atoms with Gasteiger partial charge >= 0.3 is 0 Å². The monoisotopic (exact) mass is 252 g/mol. The van der Waals surface area contributed by atoms with E-state index >= 15 is 0 Å². The Morgan fingerprint density at radius 3 is 2.61 bits per heavy atom. The Morgan fingerprint density at radius 2 is 1.94 bits per heavy atom. The van der Waals surface area contributed by atoms with Gasteiger partial charge in [0.25, 0.3) is 0 Å². The molecule has 0 aromatic heterocycles. The molecule has 0 bridgehead atoms. The molecule has 1 heterocycles. The van der Waals surface area contributed by atoms with Gasteiger partial charge in [0.2, 0.25) is 0 Å². The smallest absolute Gasteiger partial charge is 0.130 e. The summed E-state index contributed by atoms with van der Waals surface area (Å²) in [5.74, 6) is -0.999. The van der Waals surface area contributed by atoms with Gasteiger partial charge in [-0.3, -0.25) is 4.90 Å². The summed E-state index contributed by atoms with van der Waals surface area (Å²) in [6.07, 6.45) is 4.32. The van der Waals surface area contributed by atoms with Crippen LogP contribution in [-0.2, 0) is 0 Å². The van der Waals surface area contributed by atoms with Crippen LogP contribution in [0.3, 0.4) is 0 Å². The Morgan fingerprint density at radius 1 is 1.17 bits per heavy atom. The molecule has 98 valence electrons. The van der Waals surface area contributed by atoms with Crippen molar-refractivity contribution in [2.75, 3.05) is 6.54 Å². The molecule has 2 N–H and O–H groups in total. The number of likely N-dealkylation sites (tertiary alicyclic amines) is 1. The van der Waals surface area contributed by atoms with Gasteiger partial charge in [-0.15, -0.1) is 0 Å². The highest BCUT2D eigenvalue weighted by molar-refractivity contribution is 5.25. The molecule has 0 spiro atoms. The van der Waals surface area contributed by atoms with Gasteiger partial charge in [0.15, 0.2) is 0 Å². The first kappa shape index (κ1) is 12.1. The zero-order valence-corrected chi connectivity index (χ0v) is 10.3. The Hall–Kier alpha value is -1.00. The molecule has 1 aromatic rings. The van der Waals surface area contributed by atoms with Crippen LogP contribution in [-0.4, -0.2) is 23.5 Å². The molecule has 1 aliphatic heterocycles. The molecule has 3 rings (SSSR count). The third-order valence-corrected chi connectivity index (χ3v) is 4.01. The lowest BCUT2D eigenvalue weighted by Gasteiger charge is -2.40. The number of hydrogen-bond acceptors (Lipinski definition) is 2. The molecule has 4 heteroatoms.